The maximum atomic E-state index is 11.9. The van der Waals surface area contributed by atoms with Crippen molar-refractivity contribution < 1.29 is 9.72 Å². The van der Waals surface area contributed by atoms with E-state index < -0.39 is 4.92 Å². The van der Waals surface area contributed by atoms with Gasteiger partial charge in [0, 0.05) is 17.5 Å². The average molecular weight is 257 g/mol. The SMILES string of the molecule is O=C(NC1CC1)c1ccc2cccc([N+](=O)[O-])c2n1. The Balaban J connectivity index is 2.05. The highest BCUT2D eigenvalue weighted by Gasteiger charge is 2.24. The van der Waals surface area contributed by atoms with E-state index in [1.54, 1.807) is 24.3 Å². The molecule has 0 spiro atoms. The first-order chi connectivity index (χ1) is 9.15. The van der Waals surface area contributed by atoms with Gasteiger partial charge in [0.2, 0.25) is 0 Å². The summed E-state index contributed by atoms with van der Waals surface area (Å²) in [5, 5.41) is 14.4. The average Bonchev–Trinajstić information content (AvgIpc) is 3.21. The van der Waals surface area contributed by atoms with Gasteiger partial charge in [0.05, 0.1) is 4.92 Å². The molecular weight excluding hydrogens is 246 g/mol. The van der Waals surface area contributed by atoms with Crippen molar-refractivity contribution in [1.29, 1.82) is 0 Å². The van der Waals surface area contributed by atoms with Crippen molar-refractivity contribution in [3.8, 4) is 0 Å². The van der Waals surface area contributed by atoms with Gasteiger partial charge in [-0.25, -0.2) is 4.98 Å². The minimum absolute atomic E-state index is 0.0847. The Hall–Kier alpha value is -2.50. The number of carbonyl (C=O) groups excluding carboxylic acids is 1. The molecule has 19 heavy (non-hydrogen) atoms. The highest BCUT2D eigenvalue weighted by Crippen LogP contribution is 2.24. The third-order valence-corrected chi connectivity index (χ3v) is 3.04. The van der Waals surface area contributed by atoms with Crippen LogP contribution in [0.25, 0.3) is 10.9 Å². The number of nitro groups is 1. The molecule has 6 heteroatoms. The molecule has 1 fully saturated rings. The standard InChI is InChI=1S/C13H11N3O3/c17-13(14-9-5-6-9)10-7-4-8-2-1-3-11(16(18)19)12(8)15-10/h1-4,7,9H,5-6H2,(H,14,17). The molecule has 6 nitrogen and oxygen atoms in total. The van der Waals surface area contributed by atoms with Crippen molar-refractivity contribution in [1.82, 2.24) is 10.3 Å². The number of para-hydroxylation sites is 1. The number of aromatic nitrogens is 1. The van der Waals surface area contributed by atoms with Gasteiger partial charge in [-0.3, -0.25) is 14.9 Å². The summed E-state index contributed by atoms with van der Waals surface area (Å²) in [5.74, 6) is -0.275. The summed E-state index contributed by atoms with van der Waals surface area (Å²) in [6, 6.07) is 8.22. The number of carbonyl (C=O) groups is 1. The summed E-state index contributed by atoms with van der Waals surface area (Å²) in [4.78, 5) is 26.5. The van der Waals surface area contributed by atoms with E-state index in [0.717, 1.165) is 12.8 Å². The Bertz CT molecular complexity index is 680. The van der Waals surface area contributed by atoms with Crippen LogP contribution in [-0.2, 0) is 0 Å². The first-order valence-corrected chi connectivity index (χ1v) is 6.00. The lowest BCUT2D eigenvalue weighted by molar-refractivity contribution is -0.383. The highest BCUT2D eigenvalue weighted by atomic mass is 16.6. The number of non-ortho nitro benzene ring substituents is 1. The molecule has 0 atom stereocenters. The largest absolute Gasteiger partial charge is 0.348 e. The van der Waals surface area contributed by atoms with Gasteiger partial charge in [-0.2, -0.15) is 0 Å². The number of fused-ring (bicyclic) bond motifs is 1. The second-order valence-corrected chi connectivity index (χ2v) is 4.55. The fourth-order valence-corrected chi connectivity index (χ4v) is 1.89. The number of rotatable bonds is 3. The van der Waals surface area contributed by atoms with Crippen LogP contribution in [-0.4, -0.2) is 21.9 Å². The third-order valence-electron chi connectivity index (χ3n) is 3.04. The van der Waals surface area contributed by atoms with Crippen LogP contribution in [0.4, 0.5) is 5.69 Å². The summed E-state index contributed by atoms with van der Waals surface area (Å²) < 4.78 is 0. The zero-order valence-corrected chi connectivity index (χ0v) is 10.00. The van der Waals surface area contributed by atoms with E-state index in [2.05, 4.69) is 10.3 Å². The van der Waals surface area contributed by atoms with Gasteiger partial charge in [0.1, 0.15) is 11.2 Å². The van der Waals surface area contributed by atoms with Gasteiger partial charge in [0.25, 0.3) is 11.6 Å². The van der Waals surface area contributed by atoms with E-state index in [9.17, 15) is 14.9 Å². The smallest absolute Gasteiger partial charge is 0.295 e. The molecule has 3 rings (SSSR count). The van der Waals surface area contributed by atoms with Crippen LogP contribution in [0, 0.1) is 10.1 Å². The van der Waals surface area contributed by atoms with Crippen LogP contribution in [0.5, 0.6) is 0 Å². The van der Waals surface area contributed by atoms with Crippen LogP contribution in [0.2, 0.25) is 0 Å². The van der Waals surface area contributed by atoms with E-state index in [-0.39, 0.29) is 28.8 Å². The first-order valence-electron chi connectivity index (χ1n) is 6.00. The Morgan fingerprint density at radius 3 is 2.79 bits per heavy atom. The molecule has 0 saturated heterocycles. The number of hydrogen-bond donors (Lipinski definition) is 1. The summed E-state index contributed by atoms with van der Waals surface area (Å²) >= 11 is 0. The molecule has 96 valence electrons. The van der Waals surface area contributed by atoms with E-state index in [1.165, 1.54) is 6.07 Å². The minimum Gasteiger partial charge on any atom is -0.348 e. The molecule has 1 amide bonds. The van der Waals surface area contributed by atoms with E-state index >= 15 is 0 Å². The molecule has 1 heterocycles. The Labute approximate surface area is 108 Å². The number of amides is 1. The number of nitro benzene ring substituents is 1. The normalized spacial score (nSPS) is 14.3. The molecule has 0 radical (unpaired) electrons. The summed E-state index contributed by atoms with van der Waals surface area (Å²) in [6.07, 6.45) is 1.97. The lowest BCUT2D eigenvalue weighted by Crippen LogP contribution is -2.26. The Kier molecular flexibility index (Phi) is 2.63. The van der Waals surface area contributed by atoms with Crippen molar-refractivity contribution >= 4 is 22.5 Å². The second kappa shape index (κ2) is 4.31. The van der Waals surface area contributed by atoms with Gasteiger partial charge >= 0.3 is 0 Å². The van der Waals surface area contributed by atoms with E-state index in [4.69, 9.17) is 0 Å². The second-order valence-electron chi connectivity index (χ2n) is 4.55. The van der Waals surface area contributed by atoms with Gasteiger partial charge in [-0.05, 0) is 18.9 Å². The molecule has 0 unspecified atom stereocenters. The van der Waals surface area contributed by atoms with Crippen molar-refractivity contribution in [2.75, 3.05) is 0 Å². The van der Waals surface area contributed by atoms with Crippen molar-refractivity contribution in [3.05, 3.63) is 46.1 Å². The molecule has 1 aromatic carbocycles. The van der Waals surface area contributed by atoms with Crippen LogP contribution < -0.4 is 5.32 Å². The van der Waals surface area contributed by atoms with Crippen molar-refractivity contribution in [3.63, 3.8) is 0 Å². The van der Waals surface area contributed by atoms with Gasteiger partial charge in [0.15, 0.2) is 0 Å². The molecule has 1 saturated carbocycles. The van der Waals surface area contributed by atoms with Crippen LogP contribution in [0.3, 0.4) is 0 Å². The summed E-state index contributed by atoms with van der Waals surface area (Å²) in [7, 11) is 0. The predicted octanol–water partition coefficient (Wildman–Crippen LogP) is 2.04. The monoisotopic (exact) mass is 257 g/mol. The number of pyridine rings is 1. The maximum Gasteiger partial charge on any atom is 0.295 e. The van der Waals surface area contributed by atoms with Gasteiger partial charge < -0.3 is 5.32 Å². The number of benzene rings is 1. The molecule has 2 aromatic rings. The Morgan fingerprint density at radius 1 is 1.32 bits per heavy atom. The zero-order chi connectivity index (χ0) is 13.4. The van der Waals surface area contributed by atoms with Crippen molar-refractivity contribution in [2.24, 2.45) is 0 Å². The maximum absolute atomic E-state index is 11.9. The van der Waals surface area contributed by atoms with Gasteiger partial charge in [-0.15, -0.1) is 0 Å². The van der Waals surface area contributed by atoms with E-state index in [0.29, 0.717) is 5.39 Å². The van der Waals surface area contributed by atoms with Crippen LogP contribution in [0.15, 0.2) is 30.3 Å². The molecule has 1 aliphatic rings. The molecule has 0 aliphatic heterocycles. The molecule has 1 N–H and O–H groups in total. The number of nitrogens with zero attached hydrogens (tertiary/aromatic N) is 2. The quantitative estimate of drug-likeness (QED) is 0.673. The predicted molar refractivity (Wildman–Crippen MR) is 68.9 cm³/mol. The lowest BCUT2D eigenvalue weighted by atomic mass is 10.1. The fourth-order valence-electron chi connectivity index (χ4n) is 1.89. The minimum atomic E-state index is -0.488. The molecule has 1 aliphatic carbocycles. The van der Waals surface area contributed by atoms with Gasteiger partial charge in [-0.1, -0.05) is 18.2 Å². The van der Waals surface area contributed by atoms with Crippen LogP contribution in [0.1, 0.15) is 23.3 Å². The van der Waals surface area contributed by atoms with Crippen LogP contribution >= 0.6 is 0 Å². The van der Waals surface area contributed by atoms with Crippen molar-refractivity contribution in [2.45, 2.75) is 18.9 Å². The first kappa shape index (κ1) is 11.6. The molecular formula is C13H11N3O3. The lowest BCUT2D eigenvalue weighted by Gasteiger charge is -2.04. The Morgan fingerprint density at radius 2 is 2.11 bits per heavy atom. The van der Waals surface area contributed by atoms with E-state index in [1.807, 2.05) is 0 Å². The molecule has 1 aromatic heterocycles. The third kappa shape index (κ3) is 2.24. The number of nitrogens with one attached hydrogen (secondary N) is 1. The zero-order valence-electron chi connectivity index (χ0n) is 10.00. The summed E-state index contributed by atoms with van der Waals surface area (Å²) in [5.41, 5.74) is 0.378. The topological polar surface area (TPSA) is 85.1 Å². The molecule has 0 bridgehead atoms. The highest BCUT2D eigenvalue weighted by molar-refractivity contribution is 5.96. The summed E-state index contributed by atoms with van der Waals surface area (Å²) in [6.45, 7) is 0. The fraction of sp³-hybridized carbons (Fsp3) is 0.231. The number of hydrogen-bond acceptors (Lipinski definition) is 4.